The van der Waals surface area contributed by atoms with Gasteiger partial charge in [-0.05, 0) is 86.7 Å². The smallest absolute Gasteiger partial charge is 0.134 e. The molecular formula is C34H26O. The van der Waals surface area contributed by atoms with Crippen LogP contribution in [0.4, 0.5) is 0 Å². The van der Waals surface area contributed by atoms with E-state index in [-0.39, 0.29) is 0 Å². The highest BCUT2D eigenvalue weighted by molar-refractivity contribution is 6.08. The Morgan fingerprint density at radius 2 is 1.34 bits per heavy atom. The normalized spacial score (nSPS) is 15.4. The van der Waals surface area contributed by atoms with Crippen molar-refractivity contribution in [2.45, 2.75) is 25.2 Å². The van der Waals surface area contributed by atoms with Gasteiger partial charge in [-0.2, -0.15) is 0 Å². The first kappa shape index (κ1) is 20.3. The number of benzene rings is 5. The van der Waals surface area contributed by atoms with Gasteiger partial charge in [0.25, 0.3) is 0 Å². The standard InChI is InChI=1S/C34H26O/c1-2-9-26-23(8-1)17-20-31-30(26)19-18-24-15-16-25(22-33(24)31)27-10-3-4-11-28(27)29-12-5-6-13-32(29)34-14-7-21-35-34/h1-14,17-21,25H,15-16,22H2. The molecule has 0 aliphatic heterocycles. The lowest BCUT2D eigenvalue weighted by Crippen LogP contribution is -2.14. The number of hydrogen-bond acceptors (Lipinski definition) is 1. The van der Waals surface area contributed by atoms with Gasteiger partial charge in [0.2, 0.25) is 0 Å². The summed E-state index contributed by atoms with van der Waals surface area (Å²) in [5, 5.41) is 5.45. The molecule has 1 aromatic heterocycles. The maximum atomic E-state index is 5.80. The van der Waals surface area contributed by atoms with E-state index in [4.69, 9.17) is 4.42 Å². The van der Waals surface area contributed by atoms with Crippen LogP contribution < -0.4 is 0 Å². The monoisotopic (exact) mass is 450 g/mol. The molecule has 0 N–H and O–H groups in total. The summed E-state index contributed by atoms with van der Waals surface area (Å²) in [7, 11) is 0. The van der Waals surface area contributed by atoms with Gasteiger partial charge < -0.3 is 4.42 Å². The number of rotatable bonds is 3. The molecule has 0 spiro atoms. The van der Waals surface area contributed by atoms with Crippen LogP contribution in [-0.2, 0) is 12.8 Å². The first-order valence-electron chi connectivity index (χ1n) is 12.5. The van der Waals surface area contributed by atoms with Gasteiger partial charge in [-0.1, -0.05) is 97.1 Å². The molecule has 0 bridgehead atoms. The summed E-state index contributed by atoms with van der Waals surface area (Å²) in [5.41, 5.74) is 8.19. The molecule has 1 heteroatoms. The Hall–Kier alpha value is -4.10. The SMILES string of the molecule is c1coc(-c2ccccc2-c2ccccc2C2CCc3ccc4c(ccc5ccccc54)c3C2)c1. The second-order valence-electron chi connectivity index (χ2n) is 9.63. The van der Waals surface area contributed by atoms with Crippen molar-refractivity contribution in [2.75, 3.05) is 0 Å². The number of fused-ring (bicyclic) bond motifs is 5. The van der Waals surface area contributed by atoms with Gasteiger partial charge in [-0.3, -0.25) is 0 Å². The molecule has 0 saturated carbocycles. The van der Waals surface area contributed by atoms with E-state index in [1.54, 1.807) is 6.26 Å². The van der Waals surface area contributed by atoms with Crippen LogP contribution in [0.5, 0.6) is 0 Å². The van der Waals surface area contributed by atoms with E-state index in [0.717, 1.165) is 24.2 Å². The molecule has 1 aliphatic rings. The molecule has 7 rings (SSSR count). The quantitative estimate of drug-likeness (QED) is 0.245. The van der Waals surface area contributed by atoms with Crippen molar-refractivity contribution < 1.29 is 4.42 Å². The summed E-state index contributed by atoms with van der Waals surface area (Å²) >= 11 is 0. The third-order valence-electron chi connectivity index (χ3n) is 7.75. The summed E-state index contributed by atoms with van der Waals surface area (Å²) in [6.07, 6.45) is 5.12. The highest BCUT2D eigenvalue weighted by Crippen LogP contribution is 2.43. The fourth-order valence-electron chi connectivity index (χ4n) is 6.08. The Bertz CT molecular complexity index is 1670. The molecular weight excluding hydrogens is 424 g/mol. The van der Waals surface area contributed by atoms with Crippen molar-refractivity contribution in [2.24, 2.45) is 0 Å². The van der Waals surface area contributed by atoms with Crippen molar-refractivity contribution in [1.82, 2.24) is 0 Å². The molecule has 35 heavy (non-hydrogen) atoms. The first-order chi connectivity index (χ1) is 17.4. The maximum Gasteiger partial charge on any atom is 0.134 e. The van der Waals surface area contributed by atoms with E-state index in [1.807, 2.05) is 6.07 Å². The molecule has 1 aliphatic carbocycles. The summed E-state index contributed by atoms with van der Waals surface area (Å²) in [6, 6.07) is 39.7. The molecule has 5 aromatic carbocycles. The summed E-state index contributed by atoms with van der Waals surface area (Å²) in [4.78, 5) is 0. The van der Waals surface area contributed by atoms with E-state index in [0.29, 0.717) is 5.92 Å². The Kier molecular flexibility index (Phi) is 4.80. The Balaban J connectivity index is 1.35. The van der Waals surface area contributed by atoms with Gasteiger partial charge in [0.1, 0.15) is 5.76 Å². The van der Waals surface area contributed by atoms with Gasteiger partial charge in [0.05, 0.1) is 6.26 Å². The number of aryl methyl sites for hydroxylation is 1. The molecule has 0 fully saturated rings. The van der Waals surface area contributed by atoms with Gasteiger partial charge >= 0.3 is 0 Å². The minimum Gasteiger partial charge on any atom is -0.464 e. The second-order valence-corrected chi connectivity index (χ2v) is 9.63. The summed E-state index contributed by atoms with van der Waals surface area (Å²) in [6.45, 7) is 0. The van der Waals surface area contributed by atoms with Crippen LogP contribution >= 0.6 is 0 Å². The third-order valence-corrected chi connectivity index (χ3v) is 7.75. The minimum absolute atomic E-state index is 0.487. The van der Waals surface area contributed by atoms with E-state index >= 15 is 0 Å². The average Bonchev–Trinajstić information content (AvgIpc) is 3.47. The maximum absolute atomic E-state index is 5.80. The topological polar surface area (TPSA) is 13.1 Å². The van der Waals surface area contributed by atoms with Crippen LogP contribution in [0.25, 0.3) is 44.0 Å². The van der Waals surface area contributed by atoms with Crippen molar-refractivity contribution in [1.29, 1.82) is 0 Å². The molecule has 0 amide bonds. The zero-order chi connectivity index (χ0) is 23.2. The molecule has 1 unspecified atom stereocenters. The van der Waals surface area contributed by atoms with Gasteiger partial charge in [-0.25, -0.2) is 0 Å². The van der Waals surface area contributed by atoms with E-state index < -0.39 is 0 Å². The van der Waals surface area contributed by atoms with Crippen LogP contribution in [0.15, 0.2) is 120 Å². The van der Waals surface area contributed by atoms with E-state index in [9.17, 15) is 0 Å². The predicted octanol–water partition coefficient (Wildman–Crippen LogP) is 9.19. The fraction of sp³-hybridized carbons (Fsp3) is 0.118. The van der Waals surface area contributed by atoms with Crippen LogP contribution in [0.2, 0.25) is 0 Å². The molecule has 6 aromatic rings. The lowest BCUT2D eigenvalue weighted by molar-refractivity contribution is 0.582. The average molecular weight is 451 g/mol. The molecule has 1 atom stereocenters. The zero-order valence-corrected chi connectivity index (χ0v) is 19.6. The summed E-state index contributed by atoms with van der Waals surface area (Å²) < 4.78 is 5.80. The highest BCUT2D eigenvalue weighted by atomic mass is 16.3. The second kappa shape index (κ2) is 8.29. The molecule has 0 radical (unpaired) electrons. The highest BCUT2D eigenvalue weighted by Gasteiger charge is 2.25. The fourth-order valence-corrected chi connectivity index (χ4v) is 6.08. The van der Waals surface area contributed by atoms with E-state index in [2.05, 4.69) is 103 Å². The zero-order valence-electron chi connectivity index (χ0n) is 19.6. The van der Waals surface area contributed by atoms with Crippen LogP contribution in [-0.4, -0.2) is 0 Å². The van der Waals surface area contributed by atoms with Crippen molar-refractivity contribution >= 4 is 21.5 Å². The number of hydrogen-bond donors (Lipinski definition) is 0. The summed E-state index contributed by atoms with van der Waals surface area (Å²) in [5.74, 6) is 1.41. The van der Waals surface area contributed by atoms with Crippen molar-refractivity contribution in [3.8, 4) is 22.5 Å². The Morgan fingerprint density at radius 1 is 0.571 bits per heavy atom. The minimum atomic E-state index is 0.487. The Morgan fingerprint density at radius 3 is 2.23 bits per heavy atom. The predicted molar refractivity (Wildman–Crippen MR) is 146 cm³/mol. The lowest BCUT2D eigenvalue weighted by atomic mass is 9.76. The largest absolute Gasteiger partial charge is 0.464 e. The van der Waals surface area contributed by atoms with Crippen molar-refractivity contribution in [3.05, 3.63) is 132 Å². The molecule has 1 nitrogen and oxygen atoms in total. The van der Waals surface area contributed by atoms with E-state index in [1.165, 1.54) is 55.8 Å². The molecule has 0 saturated heterocycles. The third kappa shape index (κ3) is 3.39. The Labute approximate surface area is 205 Å². The van der Waals surface area contributed by atoms with Crippen LogP contribution in [0.3, 0.4) is 0 Å². The molecule has 1 heterocycles. The number of furan rings is 1. The lowest BCUT2D eigenvalue weighted by Gasteiger charge is -2.28. The van der Waals surface area contributed by atoms with Crippen LogP contribution in [0, 0.1) is 0 Å². The first-order valence-corrected chi connectivity index (χ1v) is 12.5. The van der Waals surface area contributed by atoms with Gasteiger partial charge in [-0.15, -0.1) is 0 Å². The van der Waals surface area contributed by atoms with Crippen LogP contribution in [0.1, 0.15) is 29.0 Å². The van der Waals surface area contributed by atoms with Crippen molar-refractivity contribution in [3.63, 3.8) is 0 Å². The van der Waals surface area contributed by atoms with Gasteiger partial charge in [0.15, 0.2) is 0 Å². The van der Waals surface area contributed by atoms with Gasteiger partial charge in [0, 0.05) is 5.56 Å². The molecule has 168 valence electrons.